The maximum absolute atomic E-state index is 11.8. The van der Waals surface area contributed by atoms with E-state index in [0.29, 0.717) is 17.4 Å². The Balaban J connectivity index is 2.10. The van der Waals surface area contributed by atoms with Gasteiger partial charge in [-0.15, -0.1) is 11.8 Å². The van der Waals surface area contributed by atoms with Crippen molar-refractivity contribution < 1.29 is 13.9 Å². The fourth-order valence-corrected chi connectivity index (χ4v) is 3.79. The van der Waals surface area contributed by atoms with Crippen molar-refractivity contribution in [2.75, 3.05) is 6.61 Å². The van der Waals surface area contributed by atoms with Gasteiger partial charge in [0.15, 0.2) is 0 Å². The summed E-state index contributed by atoms with van der Waals surface area (Å²) in [6, 6.07) is 9.11. The molecule has 0 aliphatic carbocycles. The zero-order valence-corrected chi connectivity index (χ0v) is 15.2. The monoisotopic (exact) mass is 348 g/mol. The molecule has 1 aromatic carbocycles. The van der Waals surface area contributed by atoms with Crippen LogP contribution in [0.4, 0.5) is 0 Å². The van der Waals surface area contributed by atoms with Crippen LogP contribution in [0.25, 0.3) is 11.0 Å². The molecule has 1 atom stereocenters. The van der Waals surface area contributed by atoms with Gasteiger partial charge in [-0.1, -0.05) is 45.4 Å². The molecule has 0 N–H and O–H groups in total. The molecule has 1 heterocycles. The Kier molecular flexibility index (Phi) is 6.91. The van der Waals surface area contributed by atoms with Gasteiger partial charge in [0.05, 0.1) is 12.5 Å². The summed E-state index contributed by atoms with van der Waals surface area (Å²) in [5, 5.41) is 1.24. The second-order valence-corrected chi connectivity index (χ2v) is 7.41. The van der Waals surface area contributed by atoms with Crippen molar-refractivity contribution in [2.45, 2.75) is 50.2 Å². The van der Waals surface area contributed by atoms with Gasteiger partial charge in [-0.25, -0.2) is 4.79 Å². The second kappa shape index (κ2) is 8.92. The molecule has 1 unspecified atom stereocenters. The van der Waals surface area contributed by atoms with E-state index in [1.807, 2.05) is 32.0 Å². The molecular weight excluding hydrogens is 324 g/mol. The average Bonchev–Trinajstić information content (AvgIpc) is 2.54. The topological polar surface area (TPSA) is 56.5 Å². The van der Waals surface area contributed by atoms with Crippen molar-refractivity contribution in [2.24, 2.45) is 5.92 Å². The fraction of sp³-hybridized carbons (Fsp3) is 0.474. The van der Waals surface area contributed by atoms with Gasteiger partial charge < -0.3 is 9.15 Å². The van der Waals surface area contributed by atoms with E-state index in [0.717, 1.165) is 29.5 Å². The van der Waals surface area contributed by atoms with E-state index >= 15 is 0 Å². The minimum atomic E-state index is -0.335. The van der Waals surface area contributed by atoms with Crippen molar-refractivity contribution in [1.82, 2.24) is 0 Å². The highest BCUT2D eigenvalue weighted by molar-refractivity contribution is 8.00. The van der Waals surface area contributed by atoms with Crippen molar-refractivity contribution in [3.63, 3.8) is 0 Å². The van der Waals surface area contributed by atoms with Gasteiger partial charge in [0.1, 0.15) is 5.58 Å². The minimum absolute atomic E-state index is 0.107. The molecule has 0 aliphatic rings. The van der Waals surface area contributed by atoms with Gasteiger partial charge in [-0.2, -0.15) is 0 Å². The molecule has 1 aromatic heterocycles. The second-order valence-electron chi connectivity index (χ2n) is 6.07. The molecule has 2 rings (SSSR count). The quantitative estimate of drug-likeness (QED) is 0.395. The highest BCUT2D eigenvalue weighted by Gasteiger charge is 2.15. The molecule has 0 radical (unpaired) electrons. The number of para-hydroxylation sites is 1. The summed E-state index contributed by atoms with van der Waals surface area (Å²) in [5.41, 5.74) is 0.270. The third-order valence-corrected chi connectivity index (χ3v) is 5.07. The van der Waals surface area contributed by atoms with Crippen LogP contribution in [0.1, 0.15) is 40.0 Å². The maximum atomic E-state index is 11.8. The van der Waals surface area contributed by atoms with E-state index in [-0.39, 0.29) is 17.5 Å². The van der Waals surface area contributed by atoms with E-state index in [9.17, 15) is 9.59 Å². The molecule has 0 amide bonds. The number of fused-ring (bicyclic) bond motifs is 1. The first-order chi connectivity index (χ1) is 11.5. The van der Waals surface area contributed by atoms with Gasteiger partial charge in [0, 0.05) is 21.6 Å². The van der Waals surface area contributed by atoms with Gasteiger partial charge in [-0.05, 0) is 18.9 Å². The van der Waals surface area contributed by atoms with E-state index in [2.05, 4.69) is 6.92 Å². The molecule has 0 saturated carbocycles. The van der Waals surface area contributed by atoms with Crippen LogP contribution < -0.4 is 5.63 Å². The Bertz CT molecular complexity index is 735. The van der Waals surface area contributed by atoms with Crippen molar-refractivity contribution in [3.05, 3.63) is 40.8 Å². The molecule has 0 fully saturated rings. The lowest BCUT2D eigenvalue weighted by atomic mass is 10.2. The third kappa shape index (κ3) is 5.13. The van der Waals surface area contributed by atoms with Crippen LogP contribution in [0.3, 0.4) is 0 Å². The Morgan fingerprint density at radius 2 is 2.00 bits per heavy atom. The number of hydrogen-bond acceptors (Lipinski definition) is 5. The zero-order valence-electron chi connectivity index (χ0n) is 14.4. The van der Waals surface area contributed by atoms with Crippen molar-refractivity contribution >= 4 is 28.7 Å². The molecule has 0 saturated heterocycles. The Hall–Kier alpha value is -1.75. The van der Waals surface area contributed by atoms with E-state index in [1.54, 1.807) is 23.9 Å². The fourth-order valence-electron chi connectivity index (χ4n) is 2.40. The third-order valence-electron chi connectivity index (χ3n) is 3.67. The van der Waals surface area contributed by atoms with Gasteiger partial charge in [-0.3, -0.25) is 4.79 Å². The smallest absolute Gasteiger partial charge is 0.337 e. The average molecular weight is 348 g/mol. The number of thioether (sulfide) groups is 1. The number of hydrogen-bond donors (Lipinski definition) is 0. The first-order valence-corrected chi connectivity index (χ1v) is 9.25. The van der Waals surface area contributed by atoms with Crippen LogP contribution in [0.2, 0.25) is 0 Å². The highest BCUT2D eigenvalue weighted by atomic mass is 32.2. The number of carbonyl (C=O) groups excluding carboxylic acids is 1. The highest BCUT2D eigenvalue weighted by Crippen LogP contribution is 2.33. The summed E-state index contributed by atoms with van der Waals surface area (Å²) in [6.07, 6.45) is 2.80. The first kappa shape index (κ1) is 18.6. The summed E-state index contributed by atoms with van der Waals surface area (Å²) >= 11 is 1.67. The van der Waals surface area contributed by atoms with Gasteiger partial charge in [0.2, 0.25) is 0 Å². The van der Waals surface area contributed by atoms with Crippen molar-refractivity contribution in [3.8, 4) is 0 Å². The molecule has 5 heteroatoms. The molecular formula is C19H24O4S. The number of rotatable bonds is 8. The Labute approximate surface area is 146 Å². The van der Waals surface area contributed by atoms with Gasteiger partial charge in [0.25, 0.3) is 0 Å². The van der Waals surface area contributed by atoms with Crippen molar-refractivity contribution in [1.29, 1.82) is 0 Å². The largest absolute Gasteiger partial charge is 0.465 e. The lowest BCUT2D eigenvalue weighted by molar-refractivity contribution is -0.147. The van der Waals surface area contributed by atoms with Crippen LogP contribution in [-0.2, 0) is 9.53 Å². The van der Waals surface area contributed by atoms with Crippen LogP contribution >= 0.6 is 11.8 Å². The van der Waals surface area contributed by atoms with Gasteiger partial charge >= 0.3 is 11.6 Å². The summed E-state index contributed by atoms with van der Waals surface area (Å²) in [5.74, 6) is -0.272. The summed E-state index contributed by atoms with van der Waals surface area (Å²) in [6.45, 7) is 6.20. The summed E-state index contributed by atoms with van der Waals surface area (Å²) < 4.78 is 10.5. The maximum Gasteiger partial charge on any atom is 0.337 e. The SMILES string of the molecule is CCCC(CCOC(=O)C(C)C)Sc1cc(=O)oc2ccccc12. The molecule has 0 bridgehead atoms. The van der Waals surface area contributed by atoms with E-state index in [1.165, 1.54) is 0 Å². The predicted molar refractivity (Wildman–Crippen MR) is 97.5 cm³/mol. The molecule has 0 spiro atoms. The number of esters is 1. The molecule has 4 nitrogen and oxygen atoms in total. The molecule has 24 heavy (non-hydrogen) atoms. The Morgan fingerprint density at radius 1 is 1.25 bits per heavy atom. The molecule has 2 aromatic rings. The number of benzene rings is 1. The Morgan fingerprint density at radius 3 is 2.71 bits per heavy atom. The summed E-state index contributed by atoms with van der Waals surface area (Å²) in [7, 11) is 0. The van der Waals surface area contributed by atoms with E-state index in [4.69, 9.17) is 9.15 Å². The minimum Gasteiger partial charge on any atom is -0.465 e. The van der Waals surface area contributed by atoms with E-state index < -0.39 is 0 Å². The molecule has 0 aliphatic heterocycles. The van der Waals surface area contributed by atoms with Crippen LogP contribution in [-0.4, -0.2) is 17.8 Å². The standard InChI is InChI=1S/C19H24O4S/c1-4-7-14(10-11-22-19(21)13(2)3)24-17-12-18(20)23-16-9-6-5-8-15(16)17/h5-6,8-9,12-14H,4,7,10-11H2,1-3H3. The normalized spacial score (nSPS) is 12.5. The lowest BCUT2D eigenvalue weighted by Gasteiger charge is -2.17. The zero-order chi connectivity index (χ0) is 17.5. The van der Waals surface area contributed by atoms with Crippen LogP contribution in [0.5, 0.6) is 0 Å². The summed E-state index contributed by atoms with van der Waals surface area (Å²) in [4.78, 5) is 24.3. The first-order valence-electron chi connectivity index (χ1n) is 8.37. The van der Waals surface area contributed by atoms with Crippen LogP contribution in [0, 0.1) is 5.92 Å². The number of carbonyl (C=O) groups is 1. The lowest BCUT2D eigenvalue weighted by Crippen LogP contribution is -2.15. The molecule has 130 valence electrons. The number of ether oxygens (including phenoxy) is 1. The predicted octanol–water partition coefficient (Wildman–Crippen LogP) is 4.64. The van der Waals surface area contributed by atoms with Crippen LogP contribution in [0.15, 0.2) is 44.4 Å².